The van der Waals surface area contributed by atoms with Gasteiger partial charge < -0.3 is 63.8 Å². The summed E-state index contributed by atoms with van der Waals surface area (Å²) >= 11 is 0. The Labute approximate surface area is 600 Å². The number of hydrogen-bond acceptors (Lipinski definition) is 14. The summed E-state index contributed by atoms with van der Waals surface area (Å²) < 4.78 is 30.6. The van der Waals surface area contributed by atoms with Gasteiger partial charge in [0.25, 0.3) is 0 Å². The number of aromatic amines is 3. The molecule has 9 heterocycles. The van der Waals surface area contributed by atoms with Gasteiger partial charge in [-0.05, 0) is 162 Å². The Bertz CT molecular complexity index is 5110. The fourth-order valence-corrected chi connectivity index (χ4v) is 14.4. The van der Waals surface area contributed by atoms with E-state index in [2.05, 4.69) is 202 Å². The molecule has 0 spiro atoms. The lowest BCUT2D eigenvalue weighted by Crippen LogP contribution is -2.51. The van der Waals surface area contributed by atoms with Gasteiger partial charge in [0.1, 0.15) is 41.9 Å². The van der Waals surface area contributed by atoms with Crippen LogP contribution in [0.25, 0.3) is 99.9 Å². The summed E-state index contributed by atoms with van der Waals surface area (Å²) in [5.41, 5.74) is 21.1. The zero-order chi connectivity index (χ0) is 70.4. The van der Waals surface area contributed by atoms with Crippen LogP contribution in [0.4, 0.5) is 17.1 Å². The first kappa shape index (κ1) is 67.7. The zero-order valence-electron chi connectivity index (χ0n) is 58.4. The lowest BCUT2D eigenvalue weighted by atomic mass is 9.97. The lowest BCUT2D eigenvalue weighted by Gasteiger charge is -2.38. The van der Waals surface area contributed by atoms with E-state index >= 15 is 0 Å². The lowest BCUT2D eigenvalue weighted by molar-refractivity contribution is 0.0252. The van der Waals surface area contributed by atoms with Crippen molar-refractivity contribution in [3.05, 3.63) is 205 Å². The third-order valence-electron chi connectivity index (χ3n) is 20.2. The molecule has 4 aromatic heterocycles. The van der Waals surface area contributed by atoms with Crippen molar-refractivity contribution in [1.82, 2.24) is 30.0 Å². The third-order valence-corrected chi connectivity index (χ3v) is 20.2. The molecule has 5 aliphatic rings. The molecule has 18 heteroatoms. The van der Waals surface area contributed by atoms with Crippen LogP contribution in [0.15, 0.2) is 188 Å². The number of aliphatic hydroxyl groups is 1. The predicted octanol–water partition coefficient (Wildman–Crippen LogP) is 15.6. The molecule has 17 rings (SSSR count). The van der Waals surface area contributed by atoms with Crippen LogP contribution in [0.3, 0.4) is 0 Å². The molecule has 103 heavy (non-hydrogen) atoms. The van der Waals surface area contributed by atoms with Gasteiger partial charge in [0.05, 0.1) is 79.9 Å². The largest absolute Gasteiger partial charge is 0.489 e. The maximum absolute atomic E-state index is 9.83. The molecule has 5 fully saturated rings. The van der Waals surface area contributed by atoms with Gasteiger partial charge in [-0.1, -0.05) is 78.9 Å². The second kappa shape index (κ2) is 30.2. The van der Waals surface area contributed by atoms with Gasteiger partial charge >= 0.3 is 0 Å². The van der Waals surface area contributed by atoms with E-state index in [1.165, 1.54) is 11.4 Å². The number of aliphatic hydroxyl groups excluding tert-OH is 1. The Morgan fingerprint density at radius 3 is 1.29 bits per heavy atom. The summed E-state index contributed by atoms with van der Waals surface area (Å²) in [6, 6.07) is 67.6. The van der Waals surface area contributed by atoms with E-state index in [1.54, 1.807) is 0 Å². The minimum absolute atomic E-state index is 0.0718. The number of ether oxygens (including phenoxy) is 5. The van der Waals surface area contributed by atoms with E-state index < -0.39 is 0 Å². The topological polar surface area (TPSA) is 225 Å². The molecule has 0 aliphatic carbocycles. The maximum atomic E-state index is 9.83. The first-order chi connectivity index (χ1) is 50.4. The normalized spacial score (nSPS) is 16.1. The summed E-state index contributed by atoms with van der Waals surface area (Å²) in [5, 5.41) is 50.3. The van der Waals surface area contributed by atoms with Crippen molar-refractivity contribution in [3.63, 3.8) is 0 Å². The van der Waals surface area contributed by atoms with Crippen LogP contribution < -0.4 is 29.5 Å². The van der Waals surface area contributed by atoms with Crippen LogP contribution in [0, 0.1) is 34.0 Å². The highest BCUT2D eigenvalue weighted by molar-refractivity contribution is 6.01. The Morgan fingerprint density at radius 2 is 0.864 bits per heavy atom. The van der Waals surface area contributed by atoms with Crippen molar-refractivity contribution in [3.8, 4) is 96.9 Å². The number of piperazine rings is 1. The van der Waals surface area contributed by atoms with Crippen molar-refractivity contribution < 1.29 is 28.8 Å². The SMILES string of the molecule is CC(C)(C)n1cc(-c2cc3c(-c4ccc(OC5CCOCC5)c(C#N)c4)cccc3[nH]2)cn1.N#Cc1cc(-c2cccc3[nH]c(-c4ccc(N5CCNCC5)cc4)cc23)ccc1OC1CCOCC1.N#Cc1cc(-c2cccc3[nH]c(-c4ccc(N5CCOCC5)cc4)cc23)ccc1N1CC(O)C1. The first-order valence-corrected chi connectivity index (χ1v) is 35.9. The molecule has 18 nitrogen and oxygen atoms in total. The van der Waals surface area contributed by atoms with E-state index in [1.807, 2.05) is 70.4 Å². The Kier molecular flexibility index (Phi) is 19.8. The number of nitrogens with zero attached hydrogens (tertiary/aromatic N) is 8. The highest BCUT2D eigenvalue weighted by atomic mass is 16.5. The fraction of sp³-hybridized carbons (Fsp3) is 0.294. The number of nitrogens with one attached hydrogen (secondary N) is 4. The molecule has 0 atom stereocenters. The van der Waals surface area contributed by atoms with Gasteiger partial charge in [-0.25, -0.2) is 0 Å². The molecule has 5 N–H and O–H groups in total. The van der Waals surface area contributed by atoms with Crippen molar-refractivity contribution in [1.29, 1.82) is 15.8 Å². The second-order valence-electron chi connectivity index (χ2n) is 28.0. The number of nitriles is 3. The number of morpholine rings is 1. The molecular weight excluding hydrogens is 1290 g/mol. The molecule has 5 aliphatic heterocycles. The van der Waals surface area contributed by atoms with Crippen molar-refractivity contribution in [2.24, 2.45) is 0 Å². The Balaban J connectivity index is 0.000000125. The number of anilines is 3. The minimum Gasteiger partial charge on any atom is -0.489 e. The van der Waals surface area contributed by atoms with Crippen LogP contribution in [0.1, 0.15) is 63.1 Å². The van der Waals surface area contributed by atoms with Crippen LogP contribution in [-0.4, -0.2) is 140 Å². The first-order valence-electron chi connectivity index (χ1n) is 35.9. The average Bonchev–Trinajstić information content (AvgIpc) is 1.71. The molecular formula is C85H84N12O6. The number of aromatic nitrogens is 5. The van der Waals surface area contributed by atoms with E-state index in [-0.39, 0.29) is 23.9 Å². The summed E-state index contributed by atoms with van der Waals surface area (Å²) in [6.07, 6.45) is 7.27. The molecule has 0 amide bonds. The third kappa shape index (κ3) is 15.0. The summed E-state index contributed by atoms with van der Waals surface area (Å²) in [7, 11) is 0. The van der Waals surface area contributed by atoms with Crippen LogP contribution >= 0.6 is 0 Å². The number of β-amino-alcohol motifs (C(OH)–C–C–N with tert-alkyl or cyclic N) is 1. The van der Waals surface area contributed by atoms with Crippen LogP contribution in [0.5, 0.6) is 11.5 Å². The molecule has 520 valence electrons. The highest BCUT2D eigenvalue weighted by Crippen LogP contribution is 2.40. The minimum atomic E-state index is -0.304. The second-order valence-corrected chi connectivity index (χ2v) is 28.0. The summed E-state index contributed by atoms with van der Waals surface area (Å²) in [5.74, 6) is 1.30. The monoisotopic (exact) mass is 1370 g/mol. The number of hydrogen-bond donors (Lipinski definition) is 5. The standard InChI is InChI=1S/C30H30N4O2.C28H26N4O2.C27H28N4O2/c31-20-23-18-22(6-9-30(23)36-25-10-16-35-17-11-25)26-2-1-3-28-27(26)19-29(33-28)21-4-7-24(8-5-21)34-14-12-32-13-15-34;29-16-21-14-20(6-9-28(21)32-17-23(33)18-32)24-2-1-3-26-25(24)15-27(30-26)19-4-7-22(8-5-19)31-10-12-34-13-11-31;1-27(2,3)31-17-20(16-29-31)25-14-23-22(5-4-6-24(23)30-25)18-7-8-26(19(13-18)15-28)33-21-9-11-32-12-10-21/h1-9,18-19,25,32-33H,10-17H2;1-9,14-15,23,30,33H,10-13,17-18H2;4-8,13-14,16-17,21,30H,9-12H2,1-3H3. The molecule has 0 unspecified atom stereocenters. The van der Waals surface area contributed by atoms with Gasteiger partial charge in [-0.15, -0.1) is 0 Å². The van der Waals surface area contributed by atoms with Gasteiger partial charge in [0.2, 0.25) is 0 Å². The van der Waals surface area contributed by atoms with E-state index in [0.717, 1.165) is 184 Å². The van der Waals surface area contributed by atoms with Gasteiger partial charge in [0.15, 0.2) is 0 Å². The highest BCUT2D eigenvalue weighted by Gasteiger charge is 2.28. The van der Waals surface area contributed by atoms with Crippen molar-refractivity contribution in [2.75, 3.05) is 107 Å². The average molecular weight is 1370 g/mol. The number of benzene rings is 8. The van der Waals surface area contributed by atoms with Gasteiger partial charge in [-0.2, -0.15) is 20.9 Å². The van der Waals surface area contributed by atoms with Gasteiger partial charge in [0, 0.05) is 151 Å². The molecule has 8 aromatic carbocycles. The molecule has 0 saturated carbocycles. The summed E-state index contributed by atoms with van der Waals surface area (Å²) in [4.78, 5) is 17.5. The molecule has 0 radical (unpaired) electrons. The van der Waals surface area contributed by atoms with E-state index in [0.29, 0.717) is 67.7 Å². The van der Waals surface area contributed by atoms with Crippen molar-refractivity contribution in [2.45, 2.75) is 70.3 Å². The molecule has 5 saturated heterocycles. The van der Waals surface area contributed by atoms with E-state index in [9.17, 15) is 20.9 Å². The quantitative estimate of drug-likeness (QED) is 0.0724. The van der Waals surface area contributed by atoms with Crippen LogP contribution in [0.2, 0.25) is 0 Å². The van der Waals surface area contributed by atoms with Crippen molar-refractivity contribution >= 4 is 49.8 Å². The number of H-pyrrole nitrogens is 3. The Morgan fingerprint density at radius 1 is 0.456 bits per heavy atom. The number of rotatable bonds is 13. The molecule has 12 aromatic rings. The maximum Gasteiger partial charge on any atom is 0.137 e. The number of fused-ring (bicyclic) bond motifs is 3. The van der Waals surface area contributed by atoms with Gasteiger partial charge in [-0.3, -0.25) is 4.68 Å². The fourth-order valence-electron chi connectivity index (χ4n) is 14.4. The zero-order valence-corrected chi connectivity index (χ0v) is 58.4. The van der Waals surface area contributed by atoms with Crippen LogP contribution in [-0.2, 0) is 19.7 Å². The summed E-state index contributed by atoms with van der Waals surface area (Å²) in [6.45, 7) is 17.9. The predicted molar refractivity (Wildman–Crippen MR) is 408 cm³/mol. The van der Waals surface area contributed by atoms with E-state index in [4.69, 9.17) is 23.7 Å². The Hall–Kier alpha value is -11.1. The smallest absolute Gasteiger partial charge is 0.137 e. The molecule has 0 bridgehead atoms.